The summed E-state index contributed by atoms with van der Waals surface area (Å²) in [4.78, 5) is 0. The van der Waals surface area contributed by atoms with Crippen molar-refractivity contribution in [2.75, 3.05) is 13.2 Å². The lowest BCUT2D eigenvalue weighted by molar-refractivity contribution is 0.141. The molecule has 1 N–H and O–H groups in total. The quantitative estimate of drug-likeness (QED) is 0.653. The van der Waals surface area contributed by atoms with Gasteiger partial charge in [0, 0.05) is 25.3 Å². The Bertz CT molecular complexity index is 594. The topological polar surface area (TPSA) is 42.8 Å². The summed E-state index contributed by atoms with van der Waals surface area (Å²) in [6, 6.07) is 7.61. The maximum Gasteiger partial charge on any atom is 0.195 e. The molecule has 0 fully saturated rings. The number of rotatable bonds is 6. The van der Waals surface area contributed by atoms with Gasteiger partial charge in [0.1, 0.15) is 0 Å². The van der Waals surface area contributed by atoms with Crippen molar-refractivity contribution >= 4 is 23.8 Å². The zero-order chi connectivity index (χ0) is 13.7. The average molecular weight is 298 g/mol. The van der Waals surface area contributed by atoms with Gasteiger partial charge in [-0.3, -0.25) is 5.10 Å². The summed E-state index contributed by atoms with van der Waals surface area (Å²) >= 11 is 11.5. The molecule has 0 saturated carbocycles. The predicted octanol–water partition coefficient (Wildman–Crippen LogP) is 3.69. The third kappa shape index (κ3) is 3.43. The molecular formula is C13H16ClN3OS. The lowest BCUT2D eigenvalue weighted by Gasteiger charge is -2.08. The summed E-state index contributed by atoms with van der Waals surface area (Å²) in [6.07, 6.45) is 0.888. The fourth-order valence-electron chi connectivity index (χ4n) is 1.84. The molecule has 6 heteroatoms. The molecule has 0 aliphatic rings. The number of benzene rings is 1. The molecule has 0 unspecified atom stereocenters. The monoisotopic (exact) mass is 297 g/mol. The van der Waals surface area contributed by atoms with Crippen molar-refractivity contribution in [1.82, 2.24) is 14.8 Å². The normalized spacial score (nSPS) is 10.8. The van der Waals surface area contributed by atoms with Gasteiger partial charge in [-0.1, -0.05) is 23.7 Å². The first-order chi connectivity index (χ1) is 9.24. The first-order valence-electron chi connectivity index (χ1n) is 6.22. The molecule has 2 rings (SSSR count). The number of aromatic amines is 1. The van der Waals surface area contributed by atoms with Crippen molar-refractivity contribution in [3.63, 3.8) is 0 Å². The highest BCUT2D eigenvalue weighted by Gasteiger charge is 2.11. The van der Waals surface area contributed by atoms with Crippen LogP contribution in [-0.4, -0.2) is 28.0 Å². The van der Waals surface area contributed by atoms with Crippen LogP contribution in [0.4, 0.5) is 0 Å². The minimum absolute atomic E-state index is 0.603. The Morgan fingerprint density at radius 3 is 2.95 bits per heavy atom. The Balaban J connectivity index is 2.23. The molecule has 0 saturated heterocycles. The smallest absolute Gasteiger partial charge is 0.195 e. The summed E-state index contributed by atoms with van der Waals surface area (Å²) in [5.41, 5.74) is 0.882. The Morgan fingerprint density at radius 1 is 1.42 bits per heavy atom. The van der Waals surface area contributed by atoms with E-state index in [-0.39, 0.29) is 0 Å². The van der Waals surface area contributed by atoms with Crippen molar-refractivity contribution in [3.05, 3.63) is 34.1 Å². The Morgan fingerprint density at radius 2 is 2.21 bits per heavy atom. The van der Waals surface area contributed by atoms with E-state index in [0.717, 1.165) is 31.0 Å². The van der Waals surface area contributed by atoms with Gasteiger partial charge in [0.25, 0.3) is 0 Å². The van der Waals surface area contributed by atoms with Gasteiger partial charge in [0.2, 0.25) is 0 Å². The molecule has 0 aliphatic carbocycles. The Hall–Kier alpha value is -1.17. The van der Waals surface area contributed by atoms with E-state index in [0.29, 0.717) is 16.4 Å². The summed E-state index contributed by atoms with van der Waals surface area (Å²) in [5, 5.41) is 7.76. The van der Waals surface area contributed by atoms with E-state index in [4.69, 9.17) is 28.6 Å². The van der Waals surface area contributed by atoms with Gasteiger partial charge in [0.15, 0.2) is 10.6 Å². The SMILES string of the molecule is CCOCCCn1c(-c2ccccc2Cl)n[nH]c1=S. The standard InChI is InChI=1S/C13H16ClN3OS/c1-2-18-9-5-8-17-12(15-16-13(17)19)10-6-3-4-7-11(10)14/h3-4,6-7H,2,5,8-9H2,1H3,(H,16,19). The van der Waals surface area contributed by atoms with Crippen LogP contribution >= 0.6 is 23.8 Å². The predicted molar refractivity (Wildman–Crippen MR) is 79.0 cm³/mol. The van der Waals surface area contributed by atoms with Crippen LogP contribution in [0.5, 0.6) is 0 Å². The average Bonchev–Trinajstić information content (AvgIpc) is 2.77. The second kappa shape index (κ2) is 6.84. The molecule has 0 amide bonds. The minimum Gasteiger partial charge on any atom is -0.382 e. The maximum atomic E-state index is 6.20. The van der Waals surface area contributed by atoms with E-state index >= 15 is 0 Å². The number of H-pyrrole nitrogens is 1. The van der Waals surface area contributed by atoms with Crippen LogP contribution in [0.15, 0.2) is 24.3 Å². The number of hydrogen-bond acceptors (Lipinski definition) is 3. The molecular weight excluding hydrogens is 282 g/mol. The van der Waals surface area contributed by atoms with E-state index in [9.17, 15) is 0 Å². The highest BCUT2D eigenvalue weighted by atomic mass is 35.5. The number of halogens is 1. The van der Waals surface area contributed by atoms with E-state index < -0.39 is 0 Å². The highest BCUT2D eigenvalue weighted by Crippen LogP contribution is 2.26. The fraction of sp³-hybridized carbons (Fsp3) is 0.385. The molecule has 0 bridgehead atoms. The summed E-state index contributed by atoms with van der Waals surface area (Å²) in [7, 11) is 0. The zero-order valence-corrected chi connectivity index (χ0v) is 12.3. The van der Waals surface area contributed by atoms with Crippen molar-refractivity contribution in [2.24, 2.45) is 0 Å². The van der Waals surface area contributed by atoms with Crippen molar-refractivity contribution in [3.8, 4) is 11.4 Å². The molecule has 1 aromatic heterocycles. The van der Waals surface area contributed by atoms with E-state index in [1.807, 2.05) is 35.8 Å². The summed E-state index contributed by atoms with van der Waals surface area (Å²) in [6.45, 7) is 4.19. The van der Waals surface area contributed by atoms with Gasteiger partial charge in [-0.25, -0.2) is 0 Å². The van der Waals surface area contributed by atoms with Crippen molar-refractivity contribution in [2.45, 2.75) is 19.9 Å². The van der Waals surface area contributed by atoms with Crippen LogP contribution in [0.25, 0.3) is 11.4 Å². The lowest BCUT2D eigenvalue weighted by atomic mass is 10.2. The molecule has 1 aromatic carbocycles. The second-order valence-corrected chi connectivity index (χ2v) is 4.83. The number of nitrogens with one attached hydrogen (secondary N) is 1. The van der Waals surface area contributed by atoms with Gasteiger partial charge < -0.3 is 9.30 Å². The number of ether oxygens (including phenoxy) is 1. The summed E-state index contributed by atoms with van der Waals surface area (Å²) < 4.78 is 7.89. The van der Waals surface area contributed by atoms with Crippen LogP contribution in [0.1, 0.15) is 13.3 Å². The highest BCUT2D eigenvalue weighted by molar-refractivity contribution is 7.71. The van der Waals surface area contributed by atoms with E-state index in [1.165, 1.54) is 0 Å². The number of hydrogen-bond donors (Lipinski definition) is 1. The maximum absolute atomic E-state index is 6.20. The lowest BCUT2D eigenvalue weighted by Crippen LogP contribution is -2.05. The molecule has 0 spiro atoms. The van der Waals surface area contributed by atoms with Crippen molar-refractivity contribution in [1.29, 1.82) is 0 Å². The fourth-order valence-corrected chi connectivity index (χ4v) is 2.29. The summed E-state index contributed by atoms with van der Waals surface area (Å²) in [5.74, 6) is 0.770. The van der Waals surface area contributed by atoms with Crippen LogP contribution in [0, 0.1) is 4.77 Å². The zero-order valence-electron chi connectivity index (χ0n) is 10.7. The minimum atomic E-state index is 0.603. The molecule has 4 nitrogen and oxygen atoms in total. The molecule has 19 heavy (non-hydrogen) atoms. The third-order valence-corrected chi connectivity index (χ3v) is 3.39. The third-order valence-electron chi connectivity index (χ3n) is 2.75. The van der Waals surface area contributed by atoms with Gasteiger partial charge >= 0.3 is 0 Å². The van der Waals surface area contributed by atoms with Crippen LogP contribution < -0.4 is 0 Å². The van der Waals surface area contributed by atoms with Gasteiger partial charge in [-0.05, 0) is 37.7 Å². The van der Waals surface area contributed by atoms with Crippen LogP contribution in [-0.2, 0) is 11.3 Å². The Kier molecular flexibility index (Phi) is 5.13. The van der Waals surface area contributed by atoms with Gasteiger partial charge in [-0.15, -0.1) is 0 Å². The molecule has 0 aliphatic heterocycles. The van der Waals surface area contributed by atoms with Crippen molar-refractivity contribution < 1.29 is 4.74 Å². The first-order valence-corrected chi connectivity index (χ1v) is 7.00. The molecule has 1 heterocycles. The molecule has 0 atom stereocenters. The number of aromatic nitrogens is 3. The van der Waals surface area contributed by atoms with E-state index in [1.54, 1.807) is 0 Å². The largest absolute Gasteiger partial charge is 0.382 e. The molecule has 2 aromatic rings. The van der Waals surface area contributed by atoms with Gasteiger partial charge in [-0.2, -0.15) is 5.10 Å². The second-order valence-electron chi connectivity index (χ2n) is 4.03. The van der Waals surface area contributed by atoms with Crippen LogP contribution in [0.2, 0.25) is 5.02 Å². The Labute approximate surface area is 122 Å². The van der Waals surface area contributed by atoms with Gasteiger partial charge in [0.05, 0.1) is 5.02 Å². The van der Waals surface area contributed by atoms with Crippen LogP contribution in [0.3, 0.4) is 0 Å². The first kappa shape index (κ1) is 14.2. The molecule has 0 radical (unpaired) electrons. The van der Waals surface area contributed by atoms with E-state index in [2.05, 4.69) is 10.2 Å². The number of nitrogens with zero attached hydrogens (tertiary/aromatic N) is 2. The molecule has 102 valence electrons.